The van der Waals surface area contributed by atoms with Gasteiger partial charge in [-0.1, -0.05) is 50.1 Å². The lowest BCUT2D eigenvalue weighted by atomic mass is 9.95. The quantitative estimate of drug-likeness (QED) is 0.745. The van der Waals surface area contributed by atoms with E-state index in [1.165, 1.54) is 5.56 Å². The van der Waals surface area contributed by atoms with E-state index in [9.17, 15) is 0 Å². The van der Waals surface area contributed by atoms with Crippen LogP contribution in [0.2, 0.25) is 5.15 Å². The summed E-state index contributed by atoms with van der Waals surface area (Å²) in [5.74, 6) is 1.61. The van der Waals surface area contributed by atoms with Gasteiger partial charge in [0.2, 0.25) is 0 Å². The molecule has 1 aromatic carbocycles. The van der Waals surface area contributed by atoms with Gasteiger partial charge < -0.3 is 4.90 Å². The number of aryl methyl sites for hydroxylation is 1. The first kappa shape index (κ1) is 15.8. The maximum absolute atomic E-state index is 6.30. The van der Waals surface area contributed by atoms with Crippen molar-refractivity contribution in [3.63, 3.8) is 0 Å². The van der Waals surface area contributed by atoms with Gasteiger partial charge in [0.25, 0.3) is 0 Å². The van der Waals surface area contributed by atoms with Crippen LogP contribution >= 0.6 is 11.6 Å². The molecule has 0 fully saturated rings. The zero-order valence-electron chi connectivity index (χ0n) is 13.5. The van der Waals surface area contributed by atoms with Crippen LogP contribution in [0.25, 0.3) is 0 Å². The van der Waals surface area contributed by atoms with E-state index < -0.39 is 0 Å². The fourth-order valence-electron chi connectivity index (χ4n) is 2.03. The number of nitrogens with zero attached hydrogens (tertiary/aromatic N) is 3. The fourth-order valence-corrected chi connectivity index (χ4v) is 2.20. The molecule has 1 heterocycles. The van der Waals surface area contributed by atoms with Crippen molar-refractivity contribution in [2.24, 2.45) is 0 Å². The van der Waals surface area contributed by atoms with Crippen LogP contribution in [-0.2, 0) is 5.41 Å². The van der Waals surface area contributed by atoms with E-state index in [1.54, 1.807) is 0 Å². The molecule has 0 aliphatic carbocycles. The summed E-state index contributed by atoms with van der Waals surface area (Å²) >= 11 is 6.30. The third-order valence-electron chi connectivity index (χ3n) is 3.47. The molecule has 2 aromatic rings. The van der Waals surface area contributed by atoms with E-state index in [1.807, 2.05) is 14.0 Å². The minimum absolute atomic E-state index is 0.139. The third kappa shape index (κ3) is 3.35. The summed E-state index contributed by atoms with van der Waals surface area (Å²) in [5.41, 5.74) is 3.08. The average Bonchev–Trinajstić information content (AvgIpc) is 2.40. The SMILES string of the molecule is Cc1ccc(N(C)c2nc(C(C)(C)C)nc(Cl)c2C)cc1. The molecule has 4 heteroatoms. The summed E-state index contributed by atoms with van der Waals surface area (Å²) in [6.07, 6.45) is 0. The highest BCUT2D eigenvalue weighted by molar-refractivity contribution is 6.30. The normalized spacial score (nSPS) is 11.6. The van der Waals surface area contributed by atoms with Crippen molar-refractivity contribution in [3.8, 4) is 0 Å². The molecule has 1 aromatic heterocycles. The van der Waals surface area contributed by atoms with Crippen molar-refractivity contribution in [1.82, 2.24) is 9.97 Å². The molecule has 0 radical (unpaired) electrons. The number of anilines is 2. The summed E-state index contributed by atoms with van der Waals surface area (Å²) < 4.78 is 0. The van der Waals surface area contributed by atoms with Gasteiger partial charge in [-0.05, 0) is 26.0 Å². The third-order valence-corrected chi connectivity index (χ3v) is 3.84. The predicted molar refractivity (Wildman–Crippen MR) is 89.7 cm³/mol. The number of benzene rings is 1. The Balaban J connectivity index is 2.52. The highest BCUT2D eigenvalue weighted by Crippen LogP contribution is 2.31. The molecule has 0 bridgehead atoms. The fraction of sp³-hybridized carbons (Fsp3) is 0.412. The number of hydrogen-bond donors (Lipinski definition) is 0. The summed E-state index contributed by atoms with van der Waals surface area (Å²) in [6, 6.07) is 8.35. The van der Waals surface area contributed by atoms with Gasteiger partial charge in [0.15, 0.2) is 0 Å². The first-order valence-corrected chi connectivity index (χ1v) is 7.43. The van der Waals surface area contributed by atoms with Crippen molar-refractivity contribution in [2.45, 2.75) is 40.0 Å². The maximum Gasteiger partial charge on any atom is 0.140 e. The zero-order valence-corrected chi connectivity index (χ0v) is 14.3. The van der Waals surface area contributed by atoms with E-state index in [0.29, 0.717) is 5.15 Å². The Bertz CT molecular complexity index is 642. The van der Waals surface area contributed by atoms with Gasteiger partial charge in [-0.15, -0.1) is 0 Å². The molecule has 0 aliphatic heterocycles. The Labute approximate surface area is 132 Å². The van der Waals surface area contributed by atoms with Crippen LogP contribution in [0.3, 0.4) is 0 Å². The Morgan fingerprint density at radius 3 is 2.10 bits per heavy atom. The maximum atomic E-state index is 6.30. The summed E-state index contributed by atoms with van der Waals surface area (Å²) in [7, 11) is 2.00. The van der Waals surface area contributed by atoms with Crippen LogP contribution in [0.1, 0.15) is 37.7 Å². The molecule has 3 nitrogen and oxygen atoms in total. The van der Waals surface area contributed by atoms with Crippen molar-refractivity contribution in [3.05, 3.63) is 46.4 Å². The van der Waals surface area contributed by atoms with Crippen LogP contribution in [-0.4, -0.2) is 17.0 Å². The molecule has 0 saturated heterocycles. The van der Waals surface area contributed by atoms with Crippen LogP contribution in [0.5, 0.6) is 0 Å². The number of halogens is 1. The van der Waals surface area contributed by atoms with Crippen molar-refractivity contribution >= 4 is 23.1 Å². The van der Waals surface area contributed by atoms with Gasteiger partial charge in [-0.3, -0.25) is 0 Å². The van der Waals surface area contributed by atoms with E-state index >= 15 is 0 Å². The monoisotopic (exact) mass is 303 g/mol. The molecule has 112 valence electrons. The lowest BCUT2D eigenvalue weighted by Gasteiger charge is -2.24. The summed E-state index contributed by atoms with van der Waals surface area (Å²) in [6.45, 7) is 10.3. The topological polar surface area (TPSA) is 29.0 Å². The highest BCUT2D eigenvalue weighted by Gasteiger charge is 2.22. The molecule has 0 amide bonds. The smallest absolute Gasteiger partial charge is 0.140 e. The Hall–Kier alpha value is -1.61. The molecular weight excluding hydrogens is 282 g/mol. The predicted octanol–water partition coefficient (Wildman–Crippen LogP) is 4.81. The molecule has 0 saturated carbocycles. The Morgan fingerprint density at radius 1 is 1.00 bits per heavy atom. The van der Waals surface area contributed by atoms with Crippen LogP contribution < -0.4 is 4.90 Å². The molecule has 0 N–H and O–H groups in total. The Kier molecular flexibility index (Phi) is 4.24. The highest BCUT2D eigenvalue weighted by atomic mass is 35.5. The van der Waals surface area contributed by atoms with Crippen molar-refractivity contribution in [2.75, 3.05) is 11.9 Å². The minimum Gasteiger partial charge on any atom is -0.329 e. The lowest BCUT2D eigenvalue weighted by molar-refractivity contribution is 0.544. The molecule has 2 rings (SSSR count). The van der Waals surface area contributed by atoms with Crippen molar-refractivity contribution < 1.29 is 0 Å². The van der Waals surface area contributed by atoms with Crippen LogP contribution in [0.15, 0.2) is 24.3 Å². The number of hydrogen-bond acceptors (Lipinski definition) is 3. The van der Waals surface area contributed by atoms with Gasteiger partial charge in [-0.25, -0.2) is 9.97 Å². The van der Waals surface area contributed by atoms with E-state index in [0.717, 1.165) is 22.9 Å². The Morgan fingerprint density at radius 2 is 1.57 bits per heavy atom. The molecule has 0 atom stereocenters. The average molecular weight is 304 g/mol. The number of rotatable bonds is 2. The van der Waals surface area contributed by atoms with Crippen LogP contribution in [0, 0.1) is 13.8 Å². The van der Waals surface area contributed by atoms with E-state index in [2.05, 4.69) is 61.8 Å². The second kappa shape index (κ2) is 5.64. The largest absolute Gasteiger partial charge is 0.329 e. The molecule has 0 spiro atoms. The first-order chi connectivity index (χ1) is 9.70. The minimum atomic E-state index is -0.139. The lowest BCUT2D eigenvalue weighted by Crippen LogP contribution is -2.21. The second-order valence-electron chi connectivity index (χ2n) is 6.43. The second-order valence-corrected chi connectivity index (χ2v) is 6.79. The first-order valence-electron chi connectivity index (χ1n) is 7.05. The number of aromatic nitrogens is 2. The van der Waals surface area contributed by atoms with Crippen molar-refractivity contribution in [1.29, 1.82) is 0 Å². The van der Waals surface area contributed by atoms with Gasteiger partial charge >= 0.3 is 0 Å². The van der Waals surface area contributed by atoms with E-state index in [4.69, 9.17) is 16.6 Å². The molecule has 0 aliphatic rings. The van der Waals surface area contributed by atoms with E-state index in [-0.39, 0.29) is 5.41 Å². The van der Waals surface area contributed by atoms with Gasteiger partial charge in [0.1, 0.15) is 16.8 Å². The van der Waals surface area contributed by atoms with Gasteiger partial charge in [0.05, 0.1) is 0 Å². The molecule has 0 unspecified atom stereocenters. The molecule has 21 heavy (non-hydrogen) atoms. The molecular formula is C17H22ClN3. The summed E-state index contributed by atoms with van der Waals surface area (Å²) in [4.78, 5) is 11.2. The van der Waals surface area contributed by atoms with Crippen LogP contribution in [0.4, 0.5) is 11.5 Å². The summed E-state index contributed by atoms with van der Waals surface area (Å²) in [5, 5.41) is 0.517. The standard InChI is InChI=1S/C17H22ClN3/c1-11-7-9-13(10-8-11)21(6)15-12(2)14(18)19-16(20-15)17(3,4)5/h7-10H,1-6H3. The van der Waals surface area contributed by atoms with Gasteiger partial charge in [-0.2, -0.15) is 0 Å². The zero-order chi connectivity index (χ0) is 15.8. The van der Waals surface area contributed by atoms with Gasteiger partial charge in [0, 0.05) is 23.7 Å².